The van der Waals surface area contributed by atoms with Gasteiger partial charge in [0, 0.05) is 61.5 Å². The van der Waals surface area contributed by atoms with E-state index in [1.54, 1.807) is 6.33 Å². The number of aromatic nitrogens is 3. The Bertz CT molecular complexity index is 1170. The molecular weight excluding hydrogens is 412 g/mol. The third-order valence-corrected chi connectivity index (χ3v) is 8.80. The van der Waals surface area contributed by atoms with Gasteiger partial charge in [-0.2, -0.15) is 0 Å². The van der Waals surface area contributed by atoms with Gasteiger partial charge >= 0.3 is 0 Å². The number of fused-ring (bicyclic) bond motifs is 2. The average Bonchev–Trinajstić information content (AvgIpc) is 3.48. The molecule has 0 amide bonds. The maximum Gasteiger partial charge on any atom is 0.214 e. The summed E-state index contributed by atoms with van der Waals surface area (Å²) >= 11 is 0. The molecule has 2 aromatic heterocycles. The smallest absolute Gasteiger partial charge is 0.214 e. The third-order valence-electron chi connectivity index (χ3n) is 6.79. The number of sulfonamides is 1. The molecule has 9 heteroatoms. The van der Waals surface area contributed by atoms with Crippen molar-refractivity contribution in [1.29, 1.82) is 0 Å². The topological polar surface area (TPSA) is 91.3 Å². The molecule has 2 aliphatic carbocycles. The second-order valence-electron chi connectivity index (χ2n) is 9.06. The van der Waals surface area contributed by atoms with E-state index in [0.717, 1.165) is 55.0 Å². The van der Waals surface area contributed by atoms with Crippen LogP contribution in [0.1, 0.15) is 42.3 Å². The van der Waals surface area contributed by atoms with Crippen molar-refractivity contribution in [3.05, 3.63) is 47.2 Å². The van der Waals surface area contributed by atoms with E-state index in [0.29, 0.717) is 19.1 Å². The Morgan fingerprint density at radius 1 is 1.13 bits per heavy atom. The van der Waals surface area contributed by atoms with Crippen molar-refractivity contribution < 1.29 is 8.42 Å². The highest BCUT2D eigenvalue weighted by atomic mass is 32.2. The lowest BCUT2D eigenvalue weighted by Gasteiger charge is -2.43. The molecule has 0 aromatic carbocycles. The molecule has 1 saturated heterocycles. The van der Waals surface area contributed by atoms with Gasteiger partial charge in [-0.3, -0.25) is 4.98 Å². The van der Waals surface area contributed by atoms with Crippen LogP contribution in [0.25, 0.3) is 6.08 Å². The maximum absolute atomic E-state index is 12.2. The maximum atomic E-state index is 12.2. The summed E-state index contributed by atoms with van der Waals surface area (Å²) in [4.78, 5) is 18.3. The summed E-state index contributed by atoms with van der Waals surface area (Å²) in [5, 5.41) is -0.181. The van der Waals surface area contributed by atoms with Crippen molar-refractivity contribution >= 4 is 27.6 Å². The monoisotopic (exact) mass is 438 g/mol. The number of nitrogens with one attached hydrogen (secondary N) is 1. The van der Waals surface area contributed by atoms with E-state index in [-0.39, 0.29) is 11.3 Å². The van der Waals surface area contributed by atoms with Crippen LogP contribution in [0, 0.1) is 0 Å². The molecule has 1 atom stereocenters. The quantitative estimate of drug-likeness (QED) is 0.759. The molecule has 0 unspecified atom stereocenters. The Morgan fingerprint density at radius 2 is 1.97 bits per heavy atom. The number of allylic oxidation sites excluding steroid dienone is 1. The summed E-state index contributed by atoms with van der Waals surface area (Å²) in [6.45, 7) is 4.28. The molecule has 8 nitrogen and oxygen atoms in total. The molecule has 0 bridgehead atoms. The van der Waals surface area contributed by atoms with Crippen LogP contribution in [-0.4, -0.2) is 53.8 Å². The first-order valence-electron chi connectivity index (χ1n) is 11.0. The van der Waals surface area contributed by atoms with Gasteiger partial charge in [-0.25, -0.2) is 23.1 Å². The summed E-state index contributed by atoms with van der Waals surface area (Å²) in [7, 11) is -3.16. The Morgan fingerprint density at radius 3 is 2.77 bits per heavy atom. The van der Waals surface area contributed by atoms with E-state index in [2.05, 4.69) is 54.6 Å². The first-order chi connectivity index (χ1) is 15.0. The normalized spacial score (nSPS) is 22.9. The van der Waals surface area contributed by atoms with Crippen LogP contribution in [0.15, 0.2) is 24.7 Å². The minimum absolute atomic E-state index is 0.0385. The van der Waals surface area contributed by atoms with Gasteiger partial charge in [0.05, 0.1) is 22.7 Å². The van der Waals surface area contributed by atoms with E-state index in [9.17, 15) is 8.42 Å². The van der Waals surface area contributed by atoms with Crippen molar-refractivity contribution in [3.8, 4) is 0 Å². The number of nitrogens with zero attached hydrogens (tertiary/aromatic N) is 5. The van der Waals surface area contributed by atoms with Crippen molar-refractivity contribution in [3.63, 3.8) is 0 Å². The average molecular weight is 439 g/mol. The standard InChI is InChI=1S/C22H26N6O2S/c1-14-9-20-18(12-28(14)21-7-8-23-19-4-2-3-17(19)21)22(25-13-24-20)27-10-15(11-27)26-31(29,30)16-5-6-16/h2-3,7-8,13-16,26H,4-6,9-12H2,1H3/t14-/m1/s1. The van der Waals surface area contributed by atoms with Crippen LogP contribution in [-0.2, 0) is 29.4 Å². The second kappa shape index (κ2) is 7.00. The third kappa shape index (κ3) is 3.30. The molecule has 1 N–H and O–H groups in total. The highest BCUT2D eigenvalue weighted by Crippen LogP contribution is 2.37. The molecule has 0 radical (unpaired) electrons. The molecule has 31 heavy (non-hydrogen) atoms. The van der Waals surface area contributed by atoms with E-state index < -0.39 is 10.0 Å². The van der Waals surface area contributed by atoms with Gasteiger partial charge in [-0.15, -0.1) is 0 Å². The first kappa shape index (κ1) is 19.2. The number of rotatable bonds is 5. The highest BCUT2D eigenvalue weighted by Gasteiger charge is 2.41. The van der Waals surface area contributed by atoms with E-state index in [1.165, 1.54) is 11.3 Å². The molecule has 162 valence electrons. The minimum Gasteiger partial charge on any atom is -0.363 e. The summed E-state index contributed by atoms with van der Waals surface area (Å²) in [6, 6.07) is 2.39. The van der Waals surface area contributed by atoms with Gasteiger partial charge in [0.25, 0.3) is 0 Å². The van der Waals surface area contributed by atoms with Crippen LogP contribution in [0.2, 0.25) is 0 Å². The predicted octanol–water partition coefficient (Wildman–Crippen LogP) is 1.66. The van der Waals surface area contributed by atoms with Crippen LogP contribution < -0.4 is 14.5 Å². The predicted molar refractivity (Wildman–Crippen MR) is 119 cm³/mol. The molecule has 2 aromatic rings. The largest absolute Gasteiger partial charge is 0.363 e. The van der Waals surface area contributed by atoms with E-state index >= 15 is 0 Å². The van der Waals surface area contributed by atoms with E-state index in [1.807, 2.05) is 6.20 Å². The Hall–Kier alpha value is -2.52. The molecule has 2 aliphatic heterocycles. The van der Waals surface area contributed by atoms with Crippen LogP contribution in [0.5, 0.6) is 0 Å². The fourth-order valence-electron chi connectivity index (χ4n) is 4.91. The lowest BCUT2D eigenvalue weighted by Crippen LogP contribution is -2.60. The molecule has 1 saturated carbocycles. The van der Waals surface area contributed by atoms with Gasteiger partial charge in [0.2, 0.25) is 10.0 Å². The first-order valence-corrected chi connectivity index (χ1v) is 12.5. The minimum atomic E-state index is -3.16. The Labute approximate surface area is 182 Å². The van der Waals surface area contributed by atoms with Gasteiger partial charge in [-0.1, -0.05) is 12.2 Å². The molecule has 0 spiro atoms. The highest BCUT2D eigenvalue weighted by molar-refractivity contribution is 7.90. The lowest BCUT2D eigenvalue weighted by atomic mass is 9.97. The zero-order valence-corrected chi connectivity index (χ0v) is 18.3. The lowest BCUT2D eigenvalue weighted by molar-refractivity contribution is 0.461. The summed E-state index contributed by atoms with van der Waals surface area (Å²) < 4.78 is 27.3. The van der Waals surface area contributed by atoms with E-state index in [4.69, 9.17) is 0 Å². The van der Waals surface area contributed by atoms with Crippen molar-refractivity contribution in [2.24, 2.45) is 0 Å². The fourth-order valence-corrected chi connectivity index (χ4v) is 6.47. The molecule has 2 fully saturated rings. The van der Waals surface area contributed by atoms with Crippen molar-refractivity contribution in [2.45, 2.75) is 56.5 Å². The fraction of sp³-hybridized carbons (Fsp3) is 0.500. The number of pyridine rings is 1. The van der Waals surface area contributed by atoms with Gasteiger partial charge in [0.15, 0.2) is 0 Å². The summed E-state index contributed by atoms with van der Waals surface area (Å²) in [6.07, 6.45) is 11.2. The number of anilines is 2. The zero-order valence-electron chi connectivity index (χ0n) is 17.5. The van der Waals surface area contributed by atoms with Gasteiger partial charge in [-0.05, 0) is 25.8 Å². The zero-order chi connectivity index (χ0) is 21.2. The van der Waals surface area contributed by atoms with Gasteiger partial charge < -0.3 is 9.80 Å². The Kier molecular flexibility index (Phi) is 4.33. The molecule has 4 heterocycles. The summed E-state index contributed by atoms with van der Waals surface area (Å²) in [5.41, 5.74) is 5.81. The van der Waals surface area contributed by atoms with Gasteiger partial charge in [0.1, 0.15) is 12.1 Å². The summed E-state index contributed by atoms with van der Waals surface area (Å²) in [5.74, 6) is 0.935. The van der Waals surface area contributed by atoms with Crippen molar-refractivity contribution in [1.82, 2.24) is 19.7 Å². The SMILES string of the molecule is C[C@@H]1Cc2ncnc(N3CC(NS(=O)(=O)C4CC4)C3)c2CN1c1ccnc2c1C=CC2. The molecule has 4 aliphatic rings. The molecule has 6 rings (SSSR count). The van der Waals surface area contributed by atoms with Crippen LogP contribution in [0.4, 0.5) is 11.5 Å². The second-order valence-corrected chi connectivity index (χ2v) is 11.1. The van der Waals surface area contributed by atoms with Crippen LogP contribution >= 0.6 is 0 Å². The van der Waals surface area contributed by atoms with Crippen molar-refractivity contribution in [2.75, 3.05) is 22.9 Å². The Balaban J connectivity index is 1.24. The molecular formula is C22H26N6O2S. The number of hydrogen-bond donors (Lipinski definition) is 1. The number of hydrogen-bond acceptors (Lipinski definition) is 7. The van der Waals surface area contributed by atoms with Crippen LogP contribution in [0.3, 0.4) is 0 Å².